The minimum absolute atomic E-state index is 0.0957. The number of carbonyl (C=O) groups excluding carboxylic acids is 1. The van der Waals surface area contributed by atoms with Crippen molar-refractivity contribution in [3.8, 4) is 0 Å². The summed E-state index contributed by atoms with van der Waals surface area (Å²) in [5, 5.41) is 6.18. The fraction of sp³-hybridized carbons (Fsp3) is 0.571. The average Bonchev–Trinajstić information content (AvgIpc) is 3.17. The van der Waals surface area contributed by atoms with Gasteiger partial charge in [-0.05, 0) is 19.8 Å². The zero-order chi connectivity index (χ0) is 17.5. The van der Waals surface area contributed by atoms with Crippen molar-refractivity contribution < 1.29 is 26.9 Å². The third-order valence-corrected chi connectivity index (χ3v) is 4.03. The Labute approximate surface area is 134 Å². The van der Waals surface area contributed by atoms with Crippen LogP contribution in [0.2, 0.25) is 0 Å². The number of rotatable bonds is 3. The van der Waals surface area contributed by atoms with Crippen LogP contribution in [0.4, 0.5) is 13.2 Å². The molecule has 1 aliphatic carbocycles. The van der Waals surface area contributed by atoms with Gasteiger partial charge in [0.25, 0.3) is 5.91 Å². The van der Waals surface area contributed by atoms with Crippen molar-refractivity contribution in [3.05, 3.63) is 29.1 Å². The molecule has 0 spiro atoms. The van der Waals surface area contributed by atoms with Gasteiger partial charge in [0.1, 0.15) is 11.3 Å². The standard InChI is InChI=1S/C14H15F3N4O3/c1-7-9(18-8(2)23-7)10(22)20-13(5-3-4-6-13)11-19-12(24-21-11)14(15,16)17/h3-6H2,1-2H3,(H,20,22). The second-order valence-corrected chi connectivity index (χ2v) is 5.80. The summed E-state index contributed by atoms with van der Waals surface area (Å²) in [5.41, 5.74) is -0.998. The summed E-state index contributed by atoms with van der Waals surface area (Å²) >= 11 is 0. The highest BCUT2D eigenvalue weighted by Gasteiger charge is 2.45. The maximum absolute atomic E-state index is 12.7. The van der Waals surface area contributed by atoms with Gasteiger partial charge in [0.05, 0.1) is 0 Å². The lowest BCUT2D eigenvalue weighted by Gasteiger charge is -2.26. The fourth-order valence-corrected chi connectivity index (χ4v) is 2.93. The number of alkyl halides is 3. The van der Waals surface area contributed by atoms with Crippen LogP contribution in [0, 0.1) is 13.8 Å². The molecule has 2 aromatic heterocycles. The molecule has 2 heterocycles. The maximum atomic E-state index is 12.7. The van der Waals surface area contributed by atoms with E-state index in [9.17, 15) is 18.0 Å². The number of carbonyl (C=O) groups is 1. The normalized spacial score (nSPS) is 17.2. The summed E-state index contributed by atoms with van der Waals surface area (Å²) in [4.78, 5) is 19.9. The molecular weight excluding hydrogens is 329 g/mol. The van der Waals surface area contributed by atoms with Crippen molar-refractivity contribution in [2.45, 2.75) is 51.2 Å². The Morgan fingerprint density at radius 1 is 1.21 bits per heavy atom. The Morgan fingerprint density at radius 3 is 2.38 bits per heavy atom. The first-order valence-electron chi connectivity index (χ1n) is 7.39. The van der Waals surface area contributed by atoms with Crippen LogP contribution in [0.3, 0.4) is 0 Å². The number of nitrogens with zero attached hydrogens (tertiary/aromatic N) is 3. The number of oxazole rings is 1. The molecule has 0 aliphatic heterocycles. The van der Waals surface area contributed by atoms with Gasteiger partial charge in [-0.15, -0.1) is 0 Å². The molecule has 0 bridgehead atoms. The summed E-state index contributed by atoms with van der Waals surface area (Å²) in [6, 6.07) is 0. The minimum Gasteiger partial charge on any atom is -0.445 e. The first-order chi connectivity index (χ1) is 11.2. The van der Waals surface area contributed by atoms with Gasteiger partial charge in [-0.1, -0.05) is 18.0 Å². The molecule has 1 fully saturated rings. The SMILES string of the molecule is Cc1nc(C(=O)NC2(c3noc(C(F)(F)F)n3)CCCC2)c(C)o1. The van der Waals surface area contributed by atoms with E-state index in [1.165, 1.54) is 0 Å². The van der Waals surface area contributed by atoms with Crippen molar-refractivity contribution in [1.29, 1.82) is 0 Å². The number of amides is 1. The Hall–Kier alpha value is -2.39. The molecule has 10 heteroatoms. The van der Waals surface area contributed by atoms with Crippen LogP contribution in [-0.4, -0.2) is 21.0 Å². The Balaban J connectivity index is 1.90. The van der Waals surface area contributed by atoms with Gasteiger partial charge in [-0.2, -0.15) is 18.2 Å². The number of halogens is 3. The van der Waals surface area contributed by atoms with E-state index in [4.69, 9.17) is 4.42 Å². The lowest BCUT2D eigenvalue weighted by Crippen LogP contribution is -2.45. The second kappa shape index (κ2) is 5.60. The molecule has 0 radical (unpaired) electrons. The molecule has 0 aromatic carbocycles. The average molecular weight is 344 g/mol. The molecule has 24 heavy (non-hydrogen) atoms. The highest BCUT2D eigenvalue weighted by atomic mass is 19.4. The second-order valence-electron chi connectivity index (χ2n) is 5.80. The molecule has 7 nitrogen and oxygen atoms in total. The van der Waals surface area contributed by atoms with E-state index in [2.05, 4.69) is 25.0 Å². The molecule has 1 saturated carbocycles. The van der Waals surface area contributed by atoms with Crippen LogP contribution in [0.25, 0.3) is 0 Å². The van der Waals surface area contributed by atoms with Crippen LogP contribution in [-0.2, 0) is 11.7 Å². The molecule has 1 N–H and O–H groups in total. The largest absolute Gasteiger partial charge is 0.471 e. The minimum atomic E-state index is -4.73. The van der Waals surface area contributed by atoms with E-state index in [-0.39, 0.29) is 11.5 Å². The number of hydrogen-bond acceptors (Lipinski definition) is 6. The van der Waals surface area contributed by atoms with Crippen molar-refractivity contribution >= 4 is 5.91 Å². The van der Waals surface area contributed by atoms with Gasteiger partial charge in [0, 0.05) is 6.92 Å². The maximum Gasteiger partial charge on any atom is 0.471 e. The van der Waals surface area contributed by atoms with E-state index in [1.807, 2.05) is 0 Å². The molecule has 130 valence electrons. The summed E-state index contributed by atoms with van der Waals surface area (Å²) in [5.74, 6) is -1.46. The van der Waals surface area contributed by atoms with E-state index in [0.29, 0.717) is 24.5 Å². The number of aromatic nitrogens is 3. The van der Waals surface area contributed by atoms with Gasteiger partial charge in [0.2, 0.25) is 0 Å². The molecule has 1 amide bonds. The van der Waals surface area contributed by atoms with Crippen LogP contribution in [0.5, 0.6) is 0 Å². The highest BCUT2D eigenvalue weighted by molar-refractivity contribution is 5.93. The highest BCUT2D eigenvalue weighted by Crippen LogP contribution is 2.39. The molecule has 0 unspecified atom stereocenters. The van der Waals surface area contributed by atoms with Crippen molar-refractivity contribution in [3.63, 3.8) is 0 Å². The number of hydrogen-bond donors (Lipinski definition) is 1. The van der Waals surface area contributed by atoms with Crippen molar-refractivity contribution in [2.24, 2.45) is 0 Å². The van der Waals surface area contributed by atoms with Crippen LogP contribution >= 0.6 is 0 Å². The Bertz CT molecular complexity index is 760. The van der Waals surface area contributed by atoms with Gasteiger partial charge in [0.15, 0.2) is 17.4 Å². The molecule has 0 atom stereocenters. The summed E-state index contributed by atoms with van der Waals surface area (Å²) in [6.07, 6.45) is -2.42. The monoisotopic (exact) mass is 344 g/mol. The van der Waals surface area contributed by atoms with Gasteiger partial charge in [-0.25, -0.2) is 4.98 Å². The smallest absolute Gasteiger partial charge is 0.445 e. The molecule has 2 aromatic rings. The quantitative estimate of drug-likeness (QED) is 0.920. The molecule has 3 rings (SSSR count). The lowest BCUT2D eigenvalue weighted by molar-refractivity contribution is -0.159. The Kier molecular flexibility index (Phi) is 3.84. The van der Waals surface area contributed by atoms with Crippen LogP contribution in [0.15, 0.2) is 8.94 Å². The van der Waals surface area contributed by atoms with E-state index >= 15 is 0 Å². The van der Waals surface area contributed by atoms with E-state index in [0.717, 1.165) is 12.8 Å². The van der Waals surface area contributed by atoms with E-state index < -0.39 is 23.5 Å². The molecule has 1 aliphatic rings. The first kappa shape index (κ1) is 16.5. The third-order valence-electron chi connectivity index (χ3n) is 4.03. The van der Waals surface area contributed by atoms with Gasteiger partial charge in [-0.3, -0.25) is 4.79 Å². The summed E-state index contributed by atoms with van der Waals surface area (Å²) in [7, 11) is 0. The lowest BCUT2D eigenvalue weighted by atomic mass is 9.96. The first-order valence-corrected chi connectivity index (χ1v) is 7.39. The summed E-state index contributed by atoms with van der Waals surface area (Å²) in [6.45, 7) is 3.19. The van der Waals surface area contributed by atoms with Crippen LogP contribution < -0.4 is 5.32 Å². The summed E-state index contributed by atoms with van der Waals surface area (Å²) < 4.78 is 47.6. The predicted molar refractivity (Wildman–Crippen MR) is 72.9 cm³/mol. The fourth-order valence-electron chi connectivity index (χ4n) is 2.93. The van der Waals surface area contributed by atoms with Gasteiger partial charge < -0.3 is 14.3 Å². The van der Waals surface area contributed by atoms with Crippen molar-refractivity contribution in [2.75, 3.05) is 0 Å². The number of aryl methyl sites for hydroxylation is 2. The van der Waals surface area contributed by atoms with Crippen LogP contribution in [0.1, 0.15) is 59.5 Å². The zero-order valence-corrected chi connectivity index (χ0v) is 13.0. The Morgan fingerprint density at radius 2 is 1.88 bits per heavy atom. The number of nitrogens with one attached hydrogen (secondary N) is 1. The molecular formula is C14H15F3N4O3. The molecule has 0 saturated heterocycles. The van der Waals surface area contributed by atoms with Gasteiger partial charge >= 0.3 is 12.1 Å². The third kappa shape index (κ3) is 2.87. The van der Waals surface area contributed by atoms with Crippen molar-refractivity contribution in [1.82, 2.24) is 20.4 Å². The van der Waals surface area contributed by atoms with E-state index in [1.54, 1.807) is 13.8 Å². The topological polar surface area (TPSA) is 94.1 Å². The zero-order valence-electron chi connectivity index (χ0n) is 13.0. The predicted octanol–water partition coefficient (Wildman–Crippen LogP) is 2.89.